The third-order valence-corrected chi connectivity index (χ3v) is 9.68. The Morgan fingerprint density at radius 1 is 0.917 bits per heavy atom. The van der Waals surface area contributed by atoms with Gasteiger partial charge in [0.1, 0.15) is 0 Å². The zero-order valence-corrected chi connectivity index (χ0v) is 19.5. The van der Waals surface area contributed by atoms with Crippen LogP contribution in [0.1, 0.15) is 65.6 Å². The van der Waals surface area contributed by atoms with Crippen LogP contribution in [0, 0.1) is 0 Å². The maximum atomic E-state index is 11.5. The van der Waals surface area contributed by atoms with E-state index in [1.807, 2.05) is 0 Å². The molecule has 0 aromatic heterocycles. The Kier molecular flexibility index (Phi) is 8.90. The van der Waals surface area contributed by atoms with Gasteiger partial charge in [-0.1, -0.05) is 58.6 Å². The molecule has 0 atom stereocenters. The summed E-state index contributed by atoms with van der Waals surface area (Å²) in [5.74, 6) is 0. The van der Waals surface area contributed by atoms with Crippen LogP contribution in [0.25, 0.3) is 0 Å². The normalized spacial score (nSPS) is 20.8. The molecule has 0 radical (unpaired) electrons. The van der Waals surface area contributed by atoms with Gasteiger partial charge in [0.2, 0.25) is 0 Å². The SMILES string of the molecule is O=S(=O)(O)c1cccc(P(C2CCCCC2)C2CCCCC2)c1.[H-].[K+]. The van der Waals surface area contributed by atoms with E-state index in [-0.39, 0.29) is 65.6 Å². The molecule has 1 aromatic carbocycles. The van der Waals surface area contributed by atoms with E-state index in [2.05, 4.69) is 6.07 Å². The van der Waals surface area contributed by atoms with Crippen LogP contribution in [0.3, 0.4) is 0 Å². The summed E-state index contributed by atoms with van der Waals surface area (Å²) in [6.45, 7) is 0. The molecule has 130 valence electrons. The molecule has 3 rings (SSSR count). The molecule has 3 nitrogen and oxygen atoms in total. The fraction of sp³-hybridized carbons (Fsp3) is 0.667. The Morgan fingerprint density at radius 3 is 1.88 bits per heavy atom. The second-order valence-corrected chi connectivity index (χ2v) is 11.2. The standard InChI is InChI=1S/C18H27O3PS.K.H/c19-23(20,21)18-13-7-12-17(14-18)22(15-8-3-1-4-9-15)16-10-5-2-6-11-16;;/h7,12-16H,1-6,8-11H2,(H,19,20,21);;/q;+1;-1. The summed E-state index contributed by atoms with van der Waals surface area (Å²) in [5.41, 5.74) is 1.47. The van der Waals surface area contributed by atoms with Gasteiger partial charge in [0.15, 0.2) is 0 Å². The van der Waals surface area contributed by atoms with Crippen LogP contribution in [0.15, 0.2) is 29.2 Å². The molecule has 2 aliphatic rings. The Bertz CT molecular complexity index is 611. The number of benzene rings is 1. The zero-order chi connectivity index (χ0) is 16.3. The Hall–Kier alpha value is 1.20. The van der Waals surface area contributed by atoms with Gasteiger partial charge in [0.05, 0.1) is 4.90 Å². The summed E-state index contributed by atoms with van der Waals surface area (Å²) in [5, 5.41) is 1.19. The monoisotopic (exact) mass is 394 g/mol. The zero-order valence-electron chi connectivity index (χ0n) is 15.7. The maximum absolute atomic E-state index is 11.5. The van der Waals surface area contributed by atoms with Gasteiger partial charge in [-0.25, -0.2) is 0 Å². The first-order chi connectivity index (χ1) is 11.1. The van der Waals surface area contributed by atoms with Crippen LogP contribution in [0.2, 0.25) is 0 Å². The predicted octanol–water partition coefficient (Wildman–Crippen LogP) is 1.82. The van der Waals surface area contributed by atoms with Crippen molar-refractivity contribution >= 4 is 23.3 Å². The summed E-state index contributed by atoms with van der Waals surface area (Å²) in [7, 11) is -4.44. The predicted molar refractivity (Wildman–Crippen MR) is 97.7 cm³/mol. The van der Waals surface area contributed by atoms with Gasteiger partial charge < -0.3 is 1.43 Å². The Labute approximate surface area is 191 Å². The van der Waals surface area contributed by atoms with Crippen molar-refractivity contribution in [2.45, 2.75) is 80.4 Å². The van der Waals surface area contributed by atoms with Gasteiger partial charge in [0.25, 0.3) is 10.1 Å². The summed E-state index contributed by atoms with van der Waals surface area (Å²) < 4.78 is 32.4. The van der Waals surface area contributed by atoms with Crippen LogP contribution in [-0.2, 0) is 10.1 Å². The van der Waals surface area contributed by atoms with Crippen molar-refractivity contribution in [2.24, 2.45) is 0 Å². The van der Waals surface area contributed by atoms with Crippen LogP contribution in [-0.4, -0.2) is 24.3 Å². The minimum atomic E-state index is -4.11. The summed E-state index contributed by atoms with van der Waals surface area (Å²) in [6.07, 6.45) is 13.1. The molecule has 2 saturated carbocycles. The summed E-state index contributed by atoms with van der Waals surface area (Å²) in [4.78, 5) is 0.0640. The molecule has 2 aliphatic carbocycles. The first kappa shape index (κ1) is 21.5. The molecule has 0 saturated heterocycles. The minimum Gasteiger partial charge on any atom is -1.00 e. The maximum Gasteiger partial charge on any atom is 1.00 e. The van der Waals surface area contributed by atoms with E-state index >= 15 is 0 Å². The van der Waals surface area contributed by atoms with E-state index in [9.17, 15) is 13.0 Å². The third-order valence-electron chi connectivity index (χ3n) is 5.35. The van der Waals surface area contributed by atoms with Gasteiger partial charge in [-0.2, -0.15) is 8.42 Å². The van der Waals surface area contributed by atoms with Gasteiger partial charge in [-0.05, 0) is 54.4 Å². The molecule has 1 aromatic rings. The van der Waals surface area contributed by atoms with Gasteiger partial charge in [-0.15, -0.1) is 0 Å². The molecule has 0 unspecified atom stereocenters. The second kappa shape index (κ2) is 9.94. The molecule has 0 heterocycles. The number of rotatable bonds is 4. The summed E-state index contributed by atoms with van der Waals surface area (Å²) >= 11 is 0. The molecule has 0 bridgehead atoms. The molecule has 24 heavy (non-hydrogen) atoms. The van der Waals surface area contributed by atoms with Crippen molar-refractivity contribution in [1.82, 2.24) is 0 Å². The van der Waals surface area contributed by atoms with Crippen LogP contribution >= 0.6 is 7.92 Å². The fourth-order valence-corrected chi connectivity index (χ4v) is 8.69. The molecular weight excluding hydrogens is 366 g/mol. The van der Waals surface area contributed by atoms with E-state index in [0.717, 1.165) is 11.3 Å². The van der Waals surface area contributed by atoms with Crippen LogP contribution < -0.4 is 56.7 Å². The molecular formula is C18H28KO3PS. The smallest absolute Gasteiger partial charge is 1.00 e. The van der Waals surface area contributed by atoms with Crippen LogP contribution in [0.5, 0.6) is 0 Å². The van der Waals surface area contributed by atoms with Crippen molar-refractivity contribution in [3.8, 4) is 0 Å². The van der Waals surface area contributed by atoms with Gasteiger partial charge in [-0.3, -0.25) is 4.55 Å². The van der Waals surface area contributed by atoms with E-state index in [4.69, 9.17) is 0 Å². The minimum absolute atomic E-state index is 0. The average molecular weight is 395 g/mol. The van der Waals surface area contributed by atoms with E-state index in [1.54, 1.807) is 12.1 Å². The topological polar surface area (TPSA) is 54.4 Å². The largest absolute Gasteiger partial charge is 1.00 e. The average Bonchev–Trinajstić information content (AvgIpc) is 2.57. The first-order valence-electron chi connectivity index (χ1n) is 8.91. The first-order valence-corrected chi connectivity index (χ1v) is 11.8. The molecule has 0 amide bonds. The van der Waals surface area contributed by atoms with E-state index in [1.165, 1.54) is 75.6 Å². The van der Waals surface area contributed by atoms with Crippen molar-refractivity contribution < 1.29 is 65.8 Å². The second-order valence-electron chi connectivity index (χ2n) is 6.96. The molecule has 1 N–H and O–H groups in total. The third kappa shape index (κ3) is 5.59. The molecule has 2 fully saturated rings. The van der Waals surface area contributed by atoms with E-state index in [0.29, 0.717) is 0 Å². The van der Waals surface area contributed by atoms with Crippen molar-refractivity contribution in [2.75, 3.05) is 0 Å². The Balaban J connectivity index is 0.00000156. The fourth-order valence-electron chi connectivity index (χ4n) is 4.24. The van der Waals surface area contributed by atoms with Crippen LogP contribution in [0.4, 0.5) is 0 Å². The number of hydrogen-bond acceptors (Lipinski definition) is 2. The van der Waals surface area contributed by atoms with Crippen molar-refractivity contribution in [3.05, 3.63) is 24.3 Å². The molecule has 0 aliphatic heterocycles. The quantitative estimate of drug-likeness (QED) is 0.482. The van der Waals surface area contributed by atoms with Crippen molar-refractivity contribution in [3.63, 3.8) is 0 Å². The number of hydrogen-bond donors (Lipinski definition) is 1. The molecule has 0 spiro atoms. The van der Waals surface area contributed by atoms with Gasteiger partial charge in [0, 0.05) is 0 Å². The Morgan fingerprint density at radius 2 is 1.42 bits per heavy atom. The van der Waals surface area contributed by atoms with Gasteiger partial charge >= 0.3 is 51.4 Å². The van der Waals surface area contributed by atoms with E-state index < -0.39 is 10.1 Å². The van der Waals surface area contributed by atoms with Crippen molar-refractivity contribution in [1.29, 1.82) is 0 Å². The summed E-state index contributed by atoms with van der Waals surface area (Å²) in [6, 6.07) is 7.17. The molecule has 6 heteroatoms.